The Hall–Kier alpha value is -1.60. The van der Waals surface area contributed by atoms with Crippen LogP contribution >= 0.6 is 0 Å². The highest BCUT2D eigenvalue weighted by Gasteiger charge is 2.07. The number of nitrogens with one attached hydrogen (secondary N) is 1. The lowest BCUT2D eigenvalue weighted by Crippen LogP contribution is -2.25. The van der Waals surface area contributed by atoms with Crippen molar-refractivity contribution >= 4 is 5.82 Å². The Morgan fingerprint density at radius 3 is 2.79 bits per heavy atom. The predicted octanol–water partition coefficient (Wildman–Crippen LogP) is 2.88. The van der Waals surface area contributed by atoms with Crippen LogP contribution < -0.4 is 5.32 Å². The molecule has 0 aliphatic rings. The van der Waals surface area contributed by atoms with Crippen molar-refractivity contribution in [3.05, 3.63) is 23.9 Å². The molecule has 1 aromatic rings. The van der Waals surface area contributed by atoms with Crippen LogP contribution in [0.2, 0.25) is 0 Å². The van der Waals surface area contributed by atoms with E-state index in [0.717, 1.165) is 32.5 Å². The Bertz CT molecular complexity index is 407. The van der Waals surface area contributed by atoms with E-state index in [-0.39, 0.29) is 0 Å². The van der Waals surface area contributed by atoms with Crippen LogP contribution in [0.1, 0.15) is 39.2 Å². The molecule has 0 saturated carbocycles. The second-order valence-electron chi connectivity index (χ2n) is 4.73. The summed E-state index contributed by atoms with van der Waals surface area (Å²) in [5, 5.41) is 12.3. The van der Waals surface area contributed by atoms with Crippen LogP contribution in [0, 0.1) is 11.3 Å². The molecule has 1 N–H and O–H groups in total. The van der Waals surface area contributed by atoms with E-state index in [1.165, 1.54) is 0 Å². The van der Waals surface area contributed by atoms with Crippen molar-refractivity contribution in [3.8, 4) is 6.07 Å². The van der Waals surface area contributed by atoms with Gasteiger partial charge in [-0.15, -0.1) is 0 Å². The van der Waals surface area contributed by atoms with Crippen LogP contribution in [0.15, 0.2) is 18.3 Å². The highest BCUT2D eigenvalue weighted by atomic mass is 15.1. The zero-order valence-electron chi connectivity index (χ0n) is 12.2. The first-order valence-corrected chi connectivity index (χ1v) is 7.05. The standard InChI is InChI=1S/C15H24N4/c1-4-19(5-2)11-7-8-13(3)18-15-14(12-16)9-6-10-17-15/h6,9-10,13H,4-5,7-8,11H2,1-3H3,(H,17,18)/t13-/m1/s1. The fourth-order valence-electron chi connectivity index (χ4n) is 2.08. The van der Waals surface area contributed by atoms with Crippen LogP contribution in [0.5, 0.6) is 0 Å². The van der Waals surface area contributed by atoms with Crippen molar-refractivity contribution < 1.29 is 0 Å². The minimum atomic E-state index is 0.331. The van der Waals surface area contributed by atoms with E-state index >= 15 is 0 Å². The second-order valence-corrected chi connectivity index (χ2v) is 4.73. The summed E-state index contributed by atoms with van der Waals surface area (Å²) in [6.45, 7) is 9.87. The summed E-state index contributed by atoms with van der Waals surface area (Å²) in [5.74, 6) is 0.695. The molecule has 104 valence electrons. The number of hydrogen-bond acceptors (Lipinski definition) is 4. The predicted molar refractivity (Wildman–Crippen MR) is 79.1 cm³/mol. The highest BCUT2D eigenvalue weighted by Crippen LogP contribution is 2.12. The average molecular weight is 260 g/mol. The van der Waals surface area contributed by atoms with Crippen molar-refractivity contribution in [2.75, 3.05) is 25.0 Å². The zero-order chi connectivity index (χ0) is 14.1. The monoisotopic (exact) mass is 260 g/mol. The van der Waals surface area contributed by atoms with Gasteiger partial charge in [0.1, 0.15) is 11.9 Å². The van der Waals surface area contributed by atoms with Crippen LogP contribution in [0.3, 0.4) is 0 Å². The summed E-state index contributed by atoms with van der Waals surface area (Å²) in [6.07, 6.45) is 3.95. The first-order chi connectivity index (χ1) is 9.21. The molecular formula is C15H24N4. The molecule has 0 aliphatic heterocycles. The average Bonchev–Trinajstić information content (AvgIpc) is 2.44. The lowest BCUT2D eigenvalue weighted by Gasteiger charge is -2.20. The van der Waals surface area contributed by atoms with Crippen LogP contribution in [-0.2, 0) is 0 Å². The minimum Gasteiger partial charge on any atom is -0.367 e. The summed E-state index contributed by atoms with van der Waals surface area (Å²) >= 11 is 0. The topological polar surface area (TPSA) is 52.0 Å². The van der Waals surface area contributed by atoms with Gasteiger partial charge in [-0.2, -0.15) is 5.26 Å². The SMILES string of the molecule is CCN(CC)CCC[C@@H](C)Nc1ncccc1C#N. The number of nitriles is 1. The number of hydrogen-bond donors (Lipinski definition) is 1. The lowest BCUT2D eigenvalue weighted by atomic mass is 10.1. The van der Waals surface area contributed by atoms with Crippen molar-refractivity contribution in [2.45, 2.75) is 39.7 Å². The van der Waals surface area contributed by atoms with Crippen molar-refractivity contribution in [1.82, 2.24) is 9.88 Å². The maximum atomic E-state index is 9.01. The number of anilines is 1. The van der Waals surface area contributed by atoms with E-state index in [0.29, 0.717) is 17.4 Å². The van der Waals surface area contributed by atoms with Gasteiger partial charge in [-0.05, 0) is 51.5 Å². The summed E-state index contributed by atoms with van der Waals surface area (Å²) in [4.78, 5) is 6.65. The molecule has 0 aromatic carbocycles. The molecule has 0 amide bonds. The van der Waals surface area contributed by atoms with E-state index < -0.39 is 0 Å². The maximum absolute atomic E-state index is 9.01. The fourth-order valence-corrected chi connectivity index (χ4v) is 2.08. The molecule has 1 aromatic heterocycles. The molecule has 0 bridgehead atoms. The van der Waals surface area contributed by atoms with Gasteiger partial charge in [0.2, 0.25) is 0 Å². The summed E-state index contributed by atoms with van der Waals surface area (Å²) in [7, 11) is 0. The van der Waals surface area contributed by atoms with Gasteiger partial charge in [-0.25, -0.2) is 4.98 Å². The van der Waals surface area contributed by atoms with Crippen LogP contribution in [0.4, 0.5) is 5.82 Å². The Kier molecular flexibility index (Phi) is 6.91. The molecular weight excluding hydrogens is 236 g/mol. The Labute approximate surface area is 116 Å². The molecule has 19 heavy (non-hydrogen) atoms. The number of pyridine rings is 1. The Morgan fingerprint density at radius 1 is 1.42 bits per heavy atom. The van der Waals surface area contributed by atoms with Gasteiger partial charge < -0.3 is 10.2 Å². The number of rotatable bonds is 8. The molecule has 0 unspecified atom stereocenters. The molecule has 0 saturated heterocycles. The third-order valence-corrected chi connectivity index (χ3v) is 3.32. The highest BCUT2D eigenvalue weighted by molar-refractivity contribution is 5.51. The summed E-state index contributed by atoms with van der Waals surface area (Å²) in [5.41, 5.74) is 0.609. The van der Waals surface area contributed by atoms with E-state index in [4.69, 9.17) is 5.26 Å². The molecule has 1 rings (SSSR count). The molecule has 4 nitrogen and oxygen atoms in total. The molecule has 1 atom stereocenters. The third-order valence-electron chi connectivity index (χ3n) is 3.32. The van der Waals surface area contributed by atoms with Gasteiger partial charge in [0.15, 0.2) is 0 Å². The van der Waals surface area contributed by atoms with Gasteiger partial charge in [-0.3, -0.25) is 0 Å². The van der Waals surface area contributed by atoms with Crippen molar-refractivity contribution in [2.24, 2.45) is 0 Å². The molecule has 0 radical (unpaired) electrons. The largest absolute Gasteiger partial charge is 0.367 e. The molecule has 0 aliphatic carbocycles. The summed E-state index contributed by atoms with van der Waals surface area (Å²) < 4.78 is 0. The smallest absolute Gasteiger partial charge is 0.144 e. The van der Waals surface area contributed by atoms with E-state index in [1.54, 1.807) is 18.3 Å². The molecule has 0 fully saturated rings. The maximum Gasteiger partial charge on any atom is 0.144 e. The lowest BCUT2D eigenvalue weighted by molar-refractivity contribution is 0.295. The van der Waals surface area contributed by atoms with Gasteiger partial charge >= 0.3 is 0 Å². The third kappa shape index (κ3) is 5.27. The molecule has 0 spiro atoms. The summed E-state index contributed by atoms with van der Waals surface area (Å²) in [6, 6.07) is 6.07. The van der Waals surface area contributed by atoms with Gasteiger partial charge in [-0.1, -0.05) is 13.8 Å². The van der Waals surface area contributed by atoms with Gasteiger partial charge in [0.25, 0.3) is 0 Å². The Balaban J connectivity index is 2.39. The normalized spacial score (nSPS) is 12.2. The number of aromatic nitrogens is 1. The molecule has 4 heteroatoms. The number of nitrogens with zero attached hydrogens (tertiary/aromatic N) is 3. The second kappa shape index (κ2) is 8.49. The van der Waals surface area contributed by atoms with E-state index in [2.05, 4.69) is 42.0 Å². The first kappa shape index (κ1) is 15.5. The zero-order valence-corrected chi connectivity index (χ0v) is 12.2. The molecule has 1 heterocycles. The van der Waals surface area contributed by atoms with Crippen molar-refractivity contribution in [3.63, 3.8) is 0 Å². The fraction of sp³-hybridized carbons (Fsp3) is 0.600. The van der Waals surface area contributed by atoms with Crippen LogP contribution in [-0.4, -0.2) is 35.6 Å². The Morgan fingerprint density at radius 2 is 2.16 bits per heavy atom. The van der Waals surface area contributed by atoms with Gasteiger partial charge in [0.05, 0.1) is 5.56 Å². The van der Waals surface area contributed by atoms with Gasteiger partial charge in [0, 0.05) is 12.2 Å². The van der Waals surface area contributed by atoms with Crippen molar-refractivity contribution in [1.29, 1.82) is 5.26 Å². The van der Waals surface area contributed by atoms with E-state index in [1.807, 2.05) is 0 Å². The minimum absolute atomic E-state index is 0.331. The van der Waals surface area contributed by atoms with Crippen LogP contribution in [0.25, 0.3) is 0 Å². The van der Waals surface area contributed by atoms with E-state index in [9.17, 15) is 0 Å². The first-order valence-electron chi connectivity index (χ1n) is 7.05. The quantitative estimate of drug-likeness (QED) is 0.781.